The Morgan fingerprint density at radius 1 is 1.32 bits per heavy atom. The van der Waals surface area contributed by atoms with Crippen LogP contribution in [0.2, 0.25) is 0 Å². The summed E-state index contributed by atoms with van der Waals surface area (Å²) in [7, 11) is 0. The normalized spacial score (nSPS) is 11.6. The van der Waals surface area contributed by atoms with Crippen LogP contribution in [0.5, 0.6) is 5.75 Å². The van der Waals surface area contributed by atoms with Crippen molar-refractivity contribution in [3.8, 4) is 5.75 Å². The Bertz CT molecular complexity index is 769. The van der Waals surface area contributed by atoms with E-state index >= 15 is 0 Å². The molecule has 25 heavy (non-hydrogen) atoms. The summed E-state index contributed by atoms with van der Waals surface area (Å²) in [5.41, 5.74) is 1.12. The second-order valence-corrected chi connectivity index (χ2v) is 6.12. The van der Waals surface area contributed by atoms with Crippen LogP contribution in [-0.2, 0) is 11.2 Å². The smallest absolute Gasteiger partial charge is 0.342 e. The number of hydrogen-bond donors (Lipinski definition) is 1. The lowest BCUT2D eigenvalue weighted by molar-refractivity contribution is -0.268. The lowest BCUT2D eigenvalue weighted by Crippen LogP contribution is -2.21. The van der Waals surface area contributed by atoms with Crippen molar-refractivity contribution < 1.29 is 19.4 Å². The number of carboxylic acids is 1. The maximum Gasteiger partial charge on any atom is 0.342 e. The lowest BCUT2D eigenvalue weighted by atomic mass is 10.1. The first kappa shape index (κ1) is 18.9. The van der Waals surface area contributed by atoms with Crippen molar-refractivity contribution in [3.05, 3.63) is 34.6 Å². The molecule has 0 fully saturated rings. The number of carboxylic acid groups (broad SMARTS) is 1. The van der Waals surface area contributed by atoms with Crippen LogP contribution in [0.15, 0.2) is 32.7 Å². The van der Waals surface area contributed by atoms with Crippen LogP contribution in [0.25, 0.3) is 6.08 Å². The van der Waals surface area contributed by atoms with Crippen LogP contribution in [0.3, 0.4) is 0 Å². The molecule has 1 aromatic carbocycles. The van der Waals surface area contributed by atoms with Gasteiger partial charge in [0, 0.05) is 25.2 Å². The number of carbonyl (C=O) groups is 1. The van der Waals surface area contributed by atoms with Crippen LogP contribution in [0, 0.1) is 0 Å². The van der Waals surface area contributed by atoms with E-state index in [2.05, 4.69) is 10.2 Å². The van der Waals surface area contributed by atoms with Gasteiger partial charge in [0.1, 0.15) is 4.91 Å². The van der Waals surface area contributed by atoms with E-state index in [1.807, 2.05) is 31.7 Å². The minimum absolute atomic E-state index is 0.0565. The van der Waals surface area contributed by atoms with Crippen molar-refractivity contribution in [1.29, 1.82) is 0 Å². The van der Waals surface area contributed by atoms with Crippen LogP contribution in [0.1, 0.15) is 32.2 Å². The predicted molar refractivity (Wildman–Crippen MR) is 94.6 cm³/mol. The zero-order chi connectivity index (χ0) is 18.4. The van der Waals surface area contributed by atoms with Gasteiger partial charge in [0.05, 0.1) is 0 Å². The van der Waals surface area contributed by atoms with Crippen LogP contribution < -0.4 is 10.0 Å². The fourth-order valence-electron chi connectivity index (χ4n) is 2.22. The van der Waals surface area contributed by atoms with E-state index in [1.165, 1.54) is 12.1 Å². The highest BCUT2D eigenvalue weighted by Gasteiger charge is 2.15. The highest BCUT2D eigenvalue weighted by atomic mass is 32.2. The molecule has 1 N–H and O–H groups in total. The zero-order valence-corrected chi connectivity index (χ0v) is 15.2. The molecule has 0 bridgehead atoms. The van der Waals surface area contributed by atoms with Gasteiger partial charge < -0.3 is 19.5 Å². The fourth-order valence-corrected chi connectivity index (χ4v) is 2.90. The van der Waals surface area contributed by atoms with E-state index < -0.39 is 5.97 Å². The monoisotopic (exact) mass is 362 g/mol. The van der Waals surface area contributed by atoms with E-state index in [4.69, 9.17) is 4.42 Å². The molecular weight excluding hydrogens is 342 g/mol. The fraction of sp³-hybridized carbons (Fsp3) is 0.353. The number of aryl methyl sites for hydroxylation is 1. The van der Waals surface area contributed by atoms with Crippen molar-refractivity contribution in [2.45, 2.75) is 32.4 Å². The van der Waals surface area contributed by atoms with Crippen molar-refractivity contribution in [1.82, 2.24) is 10.2 Å². The van der Waals surface area contributed by atoms with Gasteiger partial charge in [0.2, 0.25) is 5.89 Å². The average Bonchev–Trinajstić information content (AvgIpc) is 3.05. The summed E-state index contributed by atoms with van der Waals surface area (Å²) in [6.07, 6.45) is 1.90. The molecule has 0 aliphatic carbocycles. The Morgan fingerprint density at radius 2 is 2.04 bits per heavy atom. The van der Waals surface area contributed by atoms with Gasteiger partial charge in [-0.3, -0.25) is 0 Å². The Kier molecular flexibility index (Phi) is 6.46. The van der Waals surface area contributed by atoms with Gasteiger partial charge in [-0.1, -0.05) is 18.7 Å². The summed E-state index contributed by atoms with van der Waals surface area (Å²) in [6, 6.07) is 4.96. The average molecular weight is 362 g/mol. The molecule has 0 amide bonds. The number of rotatable bonds is 8. The zero-order valence-electron chi connectivity index (χ0n) is 14.4. The molecule has 2 rings (SSSR count). The summed E-state index contributed by atoms with van der Waals surface area (Å²) >= 11 is 0.828. The van der Waals surface area contributed by atoms with Crippen LogP contribution in [0.4, 0.5) is 5.69 Å². The van der Waals surface area contributed by atoms with Gasteiger partial charge in [0.15, 0.2) is 0 Å². The van der Waals surface area contributed by atoms with E-state index in [-0.39, 0.29) is 15.9 Å². The second kappa shape index (κ2) is 8.57. The Balaban J connectivity index is 2.28. The van der Waals surface area contributed by atoms with Crippen molar-refractivity contribution in [3.63, 3.8) is 0 Å². The molecular formula is C17H20N3O4S-. The van der Waals surface area contributed by atoms with E-state index in [0.717, 1.165) is 30.5 Å². The Morgan fingerprint density at radius 3 is 2.56 bits per heavy atom. The maximum absolute atomic E-state index is 12.3. The SMILES string of the molecule is CCc1nnc(S/C(=C\c2ccc(N(CC)CC)cc2[O-])C(=O)O)o1. The predicted octanol–water partition coefficient (Wildman–Crippen LogP) is 2.77. The van der Waals surface area contributed by atoms with Crippen LogP contribution in [-0.4, -0.2) is 34.4 Å². The molecule has 7 nitrogen and oxygen atoms in total. The highest BCUT2D eigenvalue weighted by Crippen LogP contribution is 2.30. The molecule has 0 atom stereocenters. The summed E-state index contributed by atoms with van der Waals surface area (Å²) in [6.45, 7) is 7.46. The molecule has 2 aromatic rings. The molecule has 8 heteroatoms. The van der Waals surface area contributed by atoms with E-state index in [9.17, 15) is 15.0 Å². The lowest BCUT2D eigenvalue weighted by Gasteiger charge is -2.23. The molecule has 0 saturated carbocycles. The molecule has 1 heterocycles. The first-order chi connectivity index (χ1) is 12.0. The van der Waals surface area contributed by atoms with Gasteiger partial charge in [-0.25, -0.2) is 4.79 Å². The third kappa shape index (κ3) is 4.76. The number of anilines is 1. The summed E-state index contributed by atoms with van der Waals surface area (Å²) in [4.78, 5) is 13.5. The van der Waals surface area contributed by atoms with Crippen molar-refractivity contribution >= 4 is 29.5 Å². The van der Waals surface area contributed by atoms with Crippen molar-refractivity contribution in [2.75, 3.05) is 18.0 Å². The molecule has 0 aliphatic heterocycles. The second-order valence-electron chi connectivity index (χ2n) is 5.13. The summed E-state index contributed by atoms with van der Waals surface area (Å²) < 4.78 is 5.31. The number of aliphatic carboxylic acids is 1. The molecule has 0 aliphatic rings. The Labute approximate surface area is 150 Å². The number of nitrogens with zero attached hydrogens (tertiary/aromatic N) is 3. The topological polar surface area (TPSA) is 103 Å². The third-order valence-corrected chi connectivity index (χ3v) is 4.42. The van der Waals surface area contributed by atoms with Crippen LogP contribution >= 0.6 is 11.8 Å². The van der Waals surface area contributed by atoms with Gasteiger partial charge in [-0.2, -0.15) is 0 Å². The number of thioether (sulfide) groups is 1. The molecule has 0 unspecified atom stereocenters. The third-order valence-electron chi connectivity index (χ3n) is 3.57. The standard InChI is InChI=1S/C17H21N3O4S/c1-4-15-18-19-17(24-15)25-14(16(22)23)9-11-7-8-12(10-13(11)21)20(5-2)6-3/h7-10,21H,4-6H2,1-3H3,(H,22,23)/p-1/b14-9-. The maximum atomic E-state index is 12.3. The van der Waals surface area contributed by atoms with Gasteiger partial charge in [-0.05, 0) is 49.4 Å². The molecule has 0 saturated heterocycles. The summed E-state index contributed by atoms with van der Waals surface area (Å²) in [5.74, 6) is -0.961. The van der Waals surface area contributed by atoms with Crippen molar-refractivity contribution in [2.24, 2.45) is 0 Å². The number of aromatic nitrogens is 2. The number of benzene rings is 1. The van der Waals surface area contributed by atoms with E-state index in [0.29, 0.717) is 17.9 Å². The first-order valence-corrected chi connectivity index (χ1v) is 8.81. The minimum atomic E-state index is -1.16. The Hall–Kier alpha value is -2.48. The summed E-state index contributed by atoms with van der Waals surface area (Å²) in [5, 5.41) is 29.4. The molecule has 0 radical (unpaired) electrons. The quantitative estimate of drug-likeness (QED) is 0.565. The van der Waals surface area contributed by atoms with Gasteiger partial charge in [-0.15, -0.1) is 10.2 Å². The molecule has 1 aromatic heterocycles. The largest absolute Gasteiger partial charge is 0.872 e. The minimum Gasteiger partial charge on any atom is -0.872 e. The molecule has 134 valence electrons. The van der Waals surface area contributed by atoms with Gasteiger partial charge >= 0.3 is 5.97 Å². The number of hydrogen-bond acceptors (Lipinski definition) is 7. The van der Waals surface area contributed by atoms with E-state index in [1.54, 1.807) is 6.07 Å². The van der Waals surface area contributed by atoms with Gasteiger partial charge in [0.25, 0.3) is 5.22 Å². The molecule has 0 spiro atoms. The first-order valence-electron chi connectivity index (χ1n) is 7.99. The highest BCUT2D eigenvalue weighted by molar-refractivity contribution is 8.03.